The van der Waals surface area contributed by atoms with E-state index in [0.29, 0.717) is 9.20 Å². The molecule has 0 bridgehead atoms. The Morgan fingerprint density at radius 2 is 1.84 bits per heavy atom. The minimum atomic E-state index is -3.61. The molecule has 2 rings (SSSR count). The van der Waals surface area contributed by atoms with E-state index in [0.717, 1.165) is 22.9 Å². The van der Waals surface area contributed by atoms with Gasteiger partial charge in [0, 0.05) is 4.90 Å². The predicted octanol–water partition coefficient (Wildman–Crippen LogP) is 1.60. The monoisotopic (exact) mass is 300 g/mol. The summed E-state index contributed by atoms with van der Waals surface area (Å²) >= 11 is 0.902. The molecule has 0 radical (unpaired) electrons. The van der Waals surface area contributed by atoms with Gasteiger partial charge in [-0.3, -0.25) is 9.69 Å². The zero-order valence-corrected chi connectivity index (χ0v) is 11.8. The SMILES string of the molecule is CS(=O)(=O)N1CCN(C(=O)Sc2ccccc2)C1=O. The van der Waals surface area contributed by atoms with Crippen LogP contribution in [-0.2, 0) is 10.0 Å². The number of urea groups is 1. The molecule has 0 aliphatic carbocycles. The maximum Gasteiger partial charge on any atom is 0.341 e. The van der Waals surface area contributed by atoms with Crippen molar-refractivity contribution in [1.82, 2.24) is 9.21 Å². The summed E-state index contributed by atoms with van der Waals surface area (Å²) in [6, 6.07) is 8.10. The molecule has 0 spiro atoms. The van der Waals surface area contributed by atoms with Crippen molar-refractivity contribution in [3.8, 4) is 0 Å². The number of carbonyl (C=O) groups excluding carboxylic acids is 2. The number of thioether (sulfide) groups is 1. The van der Waals surface area contributed by atoms with Gasteiger partial charge in [-0.1, -0.05) is 18.2 Å². The van der Waals surface area contributed by atoms with Crippen molar-refractivity contribution in [1.29, 1.82) is 0 Å². The first kappa shape index (κ1) is 13.9. The van der Waals surface area contributed by atoms with Crippen LogP contribution < -0.4 is 0 Å². The zero-order valence-electron chi connectivity index (χ0n) is 10.1. The smallest absolute Gasteiger partial charge is 0.261 e. The Kier molecular flexibility index (Phi) is 3.81. The van der Waals surface area contributed by atoms with Crippen LogP contribution >= 0.6 is 11.8 Å². The molecular weight excluding hydrogens is 288 g/mol. The van der Waals surface area contributed by atoms with Crippen LogP contribution in [0.1, 0.15) is 0 Å². The Bertz CT molecular complexity index is 600. The second-order valence-electron chi connectivity index (χ2n) is 3.95. The summed E-state index contributed by atoms with van der Waals surface area (Å²) in [7, 11) is -3.61. The average Bonchev–Trinajstić information content (AvgIpc) is 2.72. The van der Waals surface area contributed by atoms with E-state index in [1.807, 2.05) is 6.07 Å². The number of benzene rings is 1. The van der Waals surface area contributed by atoms with E-state index >= 15 is 0 Å². The number of sulfonamides is 1. The molecule has 0 atom stereocenters. The van der Waals surface area contributed by atoms with Crippen molar-refractivity contribution < 1.29 is 18.0 Å². The highest BCUT2D eigenvalue weighted by molar-refractivity contribution is 8.13. The number of nitrogens with zero attached hydrogens (tertiary/aromatic N) is 2. The minimum absolute atomic E-state index is 0.0127. The van der Waals surface area contributed by atoms with E-state index in [1.165, 1.54) is 0 Å². The summed E-state index contributed by atoms with van der Waals surface area (Å²) in [4.78, 5) is 25.4. The predicted molar refractivity (Wildman–Crippen MR) is 71.3 cm³/mol. The third-order valence-electron chi connectivity index (χ3n) is 2.54. The molecule has 1 aliphatic heterocycles. The van der Waals surface area contributed by atoms with Gasteiger partial charge in [-0.25, -0.2) is 17.5 Å². The topological polar surface area (TPSA) is 74.8 Å². The van der Waals surface area contributed by atoms with Crippen molar-refractivity contribution in [2.24, 2.45) is 0 Å². The minimum Gasteiger partial charge on any atom is -0.261 e. The van der Waals surface area contributed by atoms with E-state index in [-0.39, 0.29) is 13.1 Å². The Labute approximate surface area is 115 Å². The molecule has 0 unspecified atom stereocenters. The molecule has 1 saturated heterocycles. The molecule has 3 amide bonds. The van der Waals surface area contributed by atoms with E-state index in [1.54, 1.807) is 24.3 Å². The number of carbonyl (C=O) groups is 2. The van der Waals surface area contributed by atoms with Crippen LogP contribution in [0.15, 0.2) is 35.2 Å². The van der Waals surface area contributed by atoms with Crippen LogP contribution in [-0.4, -0.2) is 48.2 Å². The van der Waals surface area contributed by atoms with Crippen LogP contribution in [0.25, 0.3) is 0 Å². The maximum atomic E-state index is 11.9. The Morgan fingerprint density at radius 3 is 2.37 bits per heavy atom. The zero-order chi connectivity index (χ0) is 14.0. The van der Waals surface area contributed by atoms with Crippen molar-refractivity contribution in [2.45, 2.75) is 4.90 Å². The van der Waals surface area contributed by atoms with Gasteiger partial charge in [-0.2, -0.15) is 0 Å². The molecule has 0 aromatic heterocycles. The van der Waals surface area contributed by atoms with Gasteiger partial charge in [0.25, 0.3) is 5.24 Å². The lowest BCUT2D eigenvalue weighted by Crippen LogP contribution is -2.37. The molecule has 1 aliphatic rings. The quantitative estimate of drug-likeness (QED) is 0.775. The first-order chi connectivity index (χ1) is 8.89. The normalized spacial score (nSPS) is 15.9. The summed E-state index contributed by atoms with van der Waals surface area (Å²) in [6.45, 7) is 0.101. The fourth-order valence-electron chi connectivity index (χ4n) is 1.64. The summed E-state index contributed by atoms with van der Waals surface area (Å²) in [5.41, 5.74) is 0. The molecule has 6 nitrogen and oxygen atoms in total. The summed E-state index contributed by atoms with van der Waals surface area (Å²) in [5.74, 6) is 0. The fraction of sp³-hybridized carbons (Fsp3) is 0.273. The Balaban J connectivity index is 2.08. The molecule has 19 heavy (non-hydrogen) atoms. The lowest BCUT2D eigenvalue weighted by atomic mass is 10.4. The van der Waals surface area contributed by atoms with Gasteiger partial charge in [0.1, 0.15) is 0 Å². The number of rotatable bonds is 2. The van der Waals surface area contributed by atoms with Gasteiger partial charge < -0.3 is 0 Å². The first-order valence-electron chi connectivity index (χ1n) is 5.45. The molecule has 1 fully saturated rings. The lowest BCUT2D eigenvalue weighted by Gasteiger charge is -2.15. The standard InChI is InChI=1S/C11H12N2O4S2/c1-19(16,17)13-8-7-12(10(13)14)11(15)18-9-5-3-2-4-6-9/h2-6H,7-8H2,1H3. The second kappa shape index (κ2) is 5.22. The van der Waals surface area contributed by atoms with Gasteiger partial charge in [0.2, 0.25) is 10.0 Å². The summed E-state index contributed by atoms with van der Waals surface area (Å²) in [6.07, 6.45) is 0.948. The van der Waals surface area contributed by atoms with Crippen LogP contribution in [0.2, 0.25) is 0 Å². The molecule has 102 valence electrons. The summed E-state index contributed by atoms with van der Waals surface area (Å²) < 4.78 is 23.4. The third kappa shape index (κ3) is 3.07. The Hall–Kier alpha value is -1.54. The number of hydrogen-bond acceptors (Lipinski definition) is 5. The van der Waals surface area contributed by atoms with E-state index < -0.39 is 21.3 Å². The second-order valence-corrected chi connectivity index (χ2v) is 6.88. The highest BCUT2D eigenvalue weighted by Crippen LogP contribution is 2.24. The van der Waals surface area contributed by atoms with Crippen LogP contribution in [0.5, 0.6) is 0 Å². The highest BCUT2D eigenvalue weighted by atomic mass is 32.2. The molecule has 1 aromatic carbocycles. The average molecular weight is 300 g/mol. The Morgan fingerprint density at radius 1 is 1.21 bits per heavy atom. The van der Waals surface area contributed by atoms with E-state index in [9.17, 15) is 18.0 Å². The van der Waals surface area contributed by atoms with E-state index in [4.69, 9.17) is 0 Å². The maximum absolute atomic E-state index is 11.9. The van der Waals surface area contributed by atoms with Crippen molar-refractivity contribution in [2.75, 3.05) is 19.3 Å². The largest absolute Gasteiger partial charge is 0.341 e. The van der Waals surface area contributed by atoms with Crippen LogP contribution in [0, 0.1) is 0 Å². The van der Waals surface area contributed by atoms with Gasteiger partial charge in [0.05, 0.1) is 19.3 Å². The van der Waals surface area contributed by atoms with Crippen molar-refractivity contribution in [3.63, 3.8) is 0 Å². The highest BCUT2D eigenvalue weighted by Gasteiger charge is 2.38. The fourth-order valence-corrected chi connectivity index (χ4v) is 3.21. The van der Waals surface area contributed by atoms with Crippen molar-refractivity contribution >= 4 is 33.1 Å². The first-order valence-corrected chi connectivity index (χ1v) is 8.12. The number of hydrogen-bond donors (Lipinski definition) is 0. The van der Waals surface area contributed by atoms with Gasteiger partial charge in [-0.05, 0) is 23.9 Å². The molecule has 8 heteroatoms. The van der Waals surface area contributed by atoms with Crippen molar-refractivity contribution in [3.05, 3.63) is 30.3 Å². The molecule has 0 N–H and O–H groups in total. The van der Waals surface area contributed by atoms with Gasteiger partial charge >= 0.3 is 6.03 Å². The number of imide groups is 1. The lowest BCUT2D eigenvalue weighted by molar-refractivity contribution is 0.206. The molecule has 0 saturated carbocycles. The van der Waals surface area contributed by atoms with Gasteiger partial charge in [-0.15, -0.1) is 0 Å². The number of amides is 3. The van der Waals surface area contributed by atoms with Gasteiger partial charge in [0.15, 0.2) is 0 Å². The molecule has 1 heterocycles. The van der Waals surface area contributed by atoms with Crippen LogP contribution in [0.3, 0.4) is 0 Å². The molecule has 1 aromatic rings. The third-order valence-corrected chi connectivity index (χ3v) is 4.58. The van der Waals surface area contributed by atoms with Crippen LogP contribution in [0.4, 0.5) is 9.59 Å². The van der Waals surface area contributed by atoms with E-state index in [2.05, 4.69) is 0 Å². The molecular formula is C11H12N2O4S2. The summed E-state index contributed by atoms with van der Waals surface area (Å²) in [5, 5.41) is -0.470.